The fourth-order valence-electron chi connectivity index (χ4n) is 2.54. The largest absolute Gasteiger partial charge is 0.504 e. The lowest BCUT2D eigenvalue weighted by atomic mass is 10.1. The molecular formula is C21H22N2O5S. The number of carbonyl (C=O) groups excluding carboxylic acids is 2. The zero-order chi connectivity index (χ0) is 21.6. The Bertz CT molecular complexity index is 1000. The second-order valence-corrected chi connectivity index (χ2v) is 7.22. The minimum absolute atomic E-state index is 0.0319. The number of carbonyl (C=O) groups is 2. The molecule has 0 bridgehead atoms. The van der Waals surface area contributed by atoms with Crippen LogP contribution >= 0.6 is 11.3 Å². The molecule has 0 fully saturated rings. The van der Waals surface area contributed by atoms with Gasteiger partial charge in [-0.25, -0.2) is 4.79 Å². The number of hydrogen-bond donors (Lipinski definition) is 2. The first-order valence-electron chi connectivity index (χ1n) is 8.98. The van der Waals surface area contributed by atoms with Crippen LogP contribution in [-0.4, -0.2) is 30.2 Å². The summed E-state index contributed by atoms with van der Waals surface area (Å²) in [6, 6.07) is 6.39. The molecular weight excluding hydrogens is 392 g/mol. The number of thiophene rings is 1. The predicted octanol–water partition coefficient (Wildman–Crippen LogP) is 4.19. The number of phenolic OH excluding ortho intramolecular Hbond substituents is 1. The number of rotatable bonds is 7. The highest BCUT2D eigenvalue weighted by atomic mass is 32.1. The summed E-state index contributed by atoms with van der Waals surface area (Å²) in [6.45, 7) is 7.68. The summed E-state index contributed by atoms with van der Waals surface area (Å²) in [6.07, 6.45) is 1.38. The Labute approximate surface area is 173 Å². The van der Waals surface area contributed by atoms with E-state index in [1.165, 1.54) is 29.5 Å². The van der Waals surface area contributed by atoms with Gasteiger partial charge in [-0.3, -0.25) is 4.79 Å². The maximum atomic E-state index is 12.7. The van der Waals surface area contributed by atoms with Crippen LogP contribution in [0.1, 0.15) is 40.2 Å². The van der Waals surface area contributed by atoms with E-state index in [4.69, 9.17) is 9.47 Å². The van der Waals surface area contributed by atoms with Crippen LogP contribution in [-0.2, 0) is 9.53 Å². The van der Waals surface area contributed by atoms with Gasteiger partial charge < -0.3 is 19.9 Å². The molecule has 0 aliphatic rings. The Hall–Kier alpha value is -3.31. The number of aromatic hydroxyl groups is 1. The molecule has 0 unspecified atom stereocenters. The van der Waals surface area contributed by atoms with E-state index < -0.39 is 11.9 Å². The van der Waals surface area contributed by atoms with Gasteiger partial charge in [-0.1, -0.05) is 6.07 Å². The van der Waals surface area contributed by atoms with E-state index in [2.05, 4.69) is 5.32 Å². The number of amides is 1. The topological polar surface area (TPSA) is 109 Å². The zero-order valence-corrected chi connectivity index (χ0v) is 17.5. The van der Waals surface area contributed by atoms with Gasteiger partial charge in [0.1, 0.15) is 16.6 Å². The predicted molar refractivity (Wildman–Crippen MR) is 111 cm³/mol. The highest BCUT2D eigenvalue weighted by Crippen LogP contribution is 2.33. The number of phenols is 1. The van der Waals surface area contributed by atoms with E-state index in [-0.39, 0.29) is 23.7 Å². The molecule has 1 heterocycles. The number of anilines is 1. The molecule has 2 N–H and O–H groups in total. The number of nitriles is 1. The van der Waals surface area contributed by atoms with Crippen LogP contribution in [0.3, 0.4) is 0 Å². The van der Waals surface area contributed by atoms with Gasteiger partial charge in [0.05, 0.1) is 18.8 Å². The third-order valence-corrected chi connectivity index (χ3v) is 5.17. The van der Waals surface area contributed by atoms with Crippen molar-refractivity contribution >= 4 is 34.3 Å². The summed E-state index contributed by atoms with van der Waals surface area (Å²) >= 11 is 1.25. The fraction of sp³-hybridized carbons (Fsp3) is 0.286. The lowest BCUT2D eigenvalue weighted by molar-refractivity contribution is -0.112. The van der Waals surface area contributed by atoms with Gasteiger partial charge in [0.15, 0.2) is 11.5 Å². The number of nitrogens with one attached hydrogen (secondary N) is 1. The SMILES string of the molecule is CCOC(=O)c1c(NC(=O)/C(C#N)=C/c2ccc(O)c(OCC)c2)sc(C)c1C. The molecule has 2 aromatic rings. The van der Waals surface area contributed by atoms with E-state index in [1.54, 1.807) is 26.8 Å². The molecule has 0 atom stereocenters. The Morgan fingerprint density at radius 2 is 2.00 bits per heavy atom. The number of ether oxygens (including phenoxy) is 2. The number of esters is 1. The lowest BCUT2D eigenvalue weighted by Gasteiger charge is -2.08. The lowest BCUT2D eigenvalue weighted by Crippen LogP contribution is -2.16. The van der Waals surface area contributed by atoms with Crippen molar-refractivity contribution in [2.45, 2.75) is 27.7 Å². The third-order valence-electron chi connectivity index (χ3n) is 4.05. The second kappa shape index (κ2) is 9.75. The first kappa shape index (κ1) is 22.0. The van der Waals surface area contributed by atoms with Crippen molar-refractivity contribution in [3.05, 3.63) is 45.3 Å². The van der Waals surface area contributed by atoms with E-state index in [0.29, 0.717) is 22.7 Å². The average Bonchev–Trinajstić information content (AvgIpc) is 2.96. The van der Waals surface area contributed by atoms with Crippen molar-refractivity contribution in [1.29, 1.82) is 5.26 Å². The average molecular weight is 414 g/mol. The van der Waals surface area contributed by atoms with E-state index in [0.717, 1.165) is 10.4 Å². The highest BCUT2D eigenvalue weighted by molar-refractivity contribution is 7.16. The van der Waals surface area contributed by atoms with Crippen LogP contribution in [0.2, 0.25) is 0 Å². The summed E-state index contributed by atoms with van der Waals surface area (Å²) in [4.78, 5) is 25.8. The molecule has 0 saturated heterocycles. The maximum absolute atomic E-state index is 12.7. The van der Waals surface area contributed by atoms with Crippen LogP contribution in [0.5, 0.6) is 11.5 Å². The first-order valence-corrected chi connectivity index (χ1v) is 9.80. The van der Waals surface area contributed by atoms with E-state index >= 15 is 0 Å². The van der Waals surface area contributed by atoms with Crippen molar-refractivity contribution in [2.75, 3.05) is 18.5 Å². The van der Waals surface area contributed by atoms with Crippen molar-refractivity contribution in [3.63, 3.8) is 0 Å². The minimum atomic E-state index is -0.648. The Morgan fingerprint density at radius 1 is 1.28 bits per heavy atom. The molecule has 7 nitrogen and oxygen atoms in total. The molecule has 0 radical (unpaired) electrons. The molecule has 152 valence electrons. The standard InChI is InChI=1S/C21H22N2O5S/c1-5-27-17-10-14(7-8-16(17)24)9-15(11-22)19(25)23-20-18(21(26)28-6-2)12(3)13(4)29-20/h7-10,24H,5-6H2,1-4H3,(H,23,25)/b15-9+. The third kappa shape index (κ3) is 5.15. The number of benzene rings is 1. The Balaban J connectivity index is 2.33. The van der Waals surface area contributed by atoms with Crippen LogP contribution in [0.15, 0.2) is 23.8 Å². The van der Waals surface area contributed by atoms with Gasteiger partial charge in [-0.2, -0.15) is 5.26 Å². The number of nitrogens with zero attached hydrogens (tertiary/aromatic N) is 1. The number of hydrogen-bond acceptors (Lipinski definition) is 7. The normalized spacial score (nSPS) is 10.9. The van der Waals surface area contributed by atoms with Gasteiger partial charge >= 0.3 is 5.97 Å². The smallest absolute Gasteiger partial charge is 0.341 e. The number of aryl methyl sites for hydroxylation is 1. The summed E-state index contributed by atoms with van der Waals surface area (Å²) in [5.41, 5.74) is 1.38. The van der Waals surface area contributed by atoms with Crippen LogP contribution in [0, 0.1) is 25.2 Å². The quantitative estimate of drug-likeness (QED) is 0.399. The van der Waals surface area contributed by atoms with Crippen LogP contribution < -0.4 is 10.1 Å². The molecule has 29 heavy (non-hydrogen) atoms. The second-order valence-electron chi connectivity index (χ2n) is 5.99. The van der Waals surface area contributed by atoms with Crippen molar-refractivity contribution in [2.24, 2.45) is 0 Å². The van der Waals surface area contributed by atoms with Crippen LogP contribution in [0.25, 0.3) is 6.08 Å². The summed E-state index contributed by atoms with van der Waals surface area (Å²) < 4.78 is 10.4. The molecule has 2 rings (SSSR count). The van der Waals surface area contributed by atoms with Gasteiger partial charge in [0.25, 0.3) is 5.91 Å². The van der Waals surface area contributed by atoms with E-state index in [9.17, 15) is 20.0 Å². The van der Waals surface area contributed by atoms with Crippen LogP contribution in [0.4, 0.5) is 5.00 Å². The summed E-state index contributed by atoms with van der Waals surface area (Å²) in [7, 11) is 0. The Morgan fingerprint density at radius 3 is 2.62 bits per heavy atom. The molecule has 1 aromatic heterocycles. The van der Waals surface area contributed by atoms with Gasteiger partial charge in [-0.05, 0) is 57.0 Å². The van der Waals surface area contributed by atoms with Crippen molar-refractivity contribution in [1.82, 2.24) is 0 Å². The summed E-state index contributed by atoms with van der Waals surface area (Å²) in [5.74, 6) is -0.944. The molecule has 0 aliphatic heterocycles. The van der Waals surface area contributed by atoms with E-state index in [1.807, 2.05) is 13.0 Å². The molecule has 0 spiro atoms. The molecule has 0 aliphatic carbocycles. The molecule has 1 amide bonds. The molecule has 1 aromatic carbocycles. The molecule has 8 heteroatoms. The molecule has 0 saturated carbocycles. The Kier molecular flexibility index (Phi) is 7.39. The highest BCUT2D eigenvalue weighted by Gasteiger charge is 2.23. The maximum Gasteiger partial charge on any atom is 0.341 e. The van der Waals surface area contributed by atoms with Gasteiger partial charge in [-0.15, -0.1) is 11.3 Å². The van der Waals surface area contributed by atoms with Crippen molar-refractivity contribution < 1.29 is 24.2 Å². The van der Waals surface area contributed by atoms with Crippen molar-refractivity contribution in [3.8, 4) is 17.6 Å². The van der Waals surface area contributed by atoms with Gasteiger partial charge in [0, 0.05) is 4.88 Å². The first-order chi connectivity index (χ1) is 13.8. The van der Waals surface area contributed by atoms with Gasteiger partial charge in [0.2, 0.25) is 0 Å². The monoisotopic (exact) mass is 414 g/mol. The zero-order valence-electron chi connectivity index (χ0n) is 16.7. The minimum Gasteiger partial charge on any atom is -0.504 e. The summed E-state index contributed by atoms with van der Waals surface area (Å²) in [5, 5.41) is 22.2. The fourth-order valence-corrected chi connectivity index (χ4v) is 3.58.